The van der Waals surface area contributed by atoms with Crippen LogP contribution in [0.15, 0.2) is 4.99 Å². The van der Waals surface area contributed by atoms with Gasteiger partial charge in [-0.15, -0.1) is 4.99 Å². The van der Waals surface area contributed by atoms with Crippen molar-refractivity contribution in [3.05, 3.63) is 5.53 Å². The highest BCUT2D eigenvalue weighted by Crippen LogP contribution is 1.97. The van der Waals surface area contributed by atoms with Gasteiger partial charge in [0, 0.05) is 0 Å². The summed E-state index contributed by atoms with van der Waals surface area (Å²) >= 11 is 0. The van der Waals surface area contributed by atoms with Gasteiger partial charge in [-0.2, -0.15) is 4.79 Å². The lowest BCUT2D eigenvalue weighted by Gasteiger charge is -2.08. The monoisotopic (exact) mass is 210 g/mol. The van der Waals surface area contributed by atoms with Crippen molar-refractivity contribution in [2.45, 2.75) is 19.8 Å². The molecular weight excluding hydrogens is 200 g/mol. The van der Waals surface area contributed by atoms with Gasteiger partial charge in [0.1, 0.15) is 0 Å². The molecule has 0 spiro atoms. The second-order valence-electron chi connectivity index (χ2n) is 2.83. The molecule has 0 aromatic rings. The zero-order valence-corrected chi connectivity index (χ0v) is 8.19. The van der Waals surface area contributed by atoms with Crippen LogP contribution in [0.3, 0.4) is 0 Å². The smallest absolute Gasteiger partial charge is 0.441 e. The van der Waals surface area contributed by atoms with Crippen molar-refractivity contribution in [1.29, 1.82) is 0 Å². The van der Waals surface area contributed by atoms with E-state index in [4.69, 9.17) is 10.3 Å². The maximum atomic E-state index is 11.1. The molecule has 0 fully saturated rings. The summed E-state index contributed by atoms with van der Waals surface area (Å²) in [4.78, 5) is 28.0. The van der Waals surface area contributed by atoms with Crippen molar-refractivity contribution in [3.8, 4) is 0 Å². The lowest BCUT2D eigenvalue weighted by Crippen LogP contribution is -2.45. The van der Waals surface area contributed by atoms with Crippen LogP contribution in [-0.2, 0) is 9.53 Å². The van der Waals surface area contributed by atoms with E-state index in [2.05, 4.69) is 9.78 Å². The minimum Gasteiger partial charge on any atom is -0.472 e. The van der Waals surface area contributed by atoms with E-state index in [-0.39, 0.29) is 11.6 Å². The molecule has 1 aliphatic rings. The first-order valence-electron chi connectivity index (χ1n) is 4.48. The highest BCUT2D eigenvalue weighted by molar-refractivity contribution is 6.66. The van der Waals surface area contributed by atoms with Crippen molar-refractivity contribution in [2.24, 2.45) is 4.99 Å². The normalized spacial score (nSPS) is 15.5. The number of urea groups is 1. The summed E-state index contributed by atoms with van der Waals surface area (Å²) in [6.45, 7) is 2.28. The van der Waals surface area contributed by atoms with Crippen molar-refractivity contribution in [2.75, 3.05) is 6.61 Å². The molecule has 0 atom stereocenters. The van der Waals surface area contributed by atoms with Crippen LogP contribution >= 0.6 is 0 Å². The van der Waals surface area contributed by atoms with E-state index >= 15 is 0 Å². The highest BCUT2D eigenvalue weighted by atomic mass is 16.5. The Kier molecular flexibility index (Phi) is 3.70. The third-order valence-corrected chi connectivity index (χ3v) is 1.68. The van der Waals surface area contributed by atoms with Gasteiger partial charge in [0.2, 0.25) is 0 Å². The number of aliphatic imine (C=N–C) groups is 1. The third kappa shape index (κ3) is 2.72. The molecule has 1 N–H and O–H groups in total. The number of ether oxygens (including phenoxy) is 1. The highest BCUT2D eigenvalue weighted by Gasteiger charge is 2.35. The standard InChI is InChI=1S/C8H10N4O3/c1-2-3-4-15-7-5(12-9)6(13)10-8(14)11-7/h2-4H2,1H3,(H,10,13,14). The Balaban J connectivity index is 2.78. The fraction of sp³-hybridized carbons (Fsp3) is 0.500. The zero-order valence-electron chi connectivity index (χ0n) is 8.19. The van der Waals surface area contributed by atoms with Crippen LogP contribution in [0.1, 0.15) is 19.8 Å². The van der Waals surface area contributed by atoms with Crippen LogP contribution in [0.25, 0.3) is 5.53 Å². The van der Waals surface area contributed by atoms with Gasteiger partial charge in [-0.05, 0) is 6.42 Å². The number of amides is 3. The molecule has 15 heavy (non-hydrogen) atoms. The molecule has 1 rings (SSSR count). The Morgan fingerprint density at radius 1 is 1.53 bits per heavy atom. The molecule has 7 nitrogen and oxygen atoms in total. The van der Waals surface area contributed by atoms with Gasteiger partial charge in [0.15, 0.2) is 0 Å². The maximum Gasteiger partial charge on any atom is 0.441 e. The molecule has 0 radical (unpaired) electrons. The van der Waals surface area contributed by atoms with Crippen LogP contribution in [0, 0.1) is 0 Å². The fourth-order valence-corrected chi connectivity index (χ4v) is 0.929. The maximum absolute atomic E-state index is 11.1. The lowest BCUT2D eigenvalue weighted by atomic mass is 10.3. The van der Waals surface area contributed by atoms with Crippen molar-refractivity contribution >= 4 is 23.5 Å². The molecule has 1 aliphatic heterocycles. The molecule has 0 aromatic carbocycles. The molecule has 7 heteroatoms. The largest absolute Gasteiger partial charge is 0.472 e. The molecular formula is C8H10N4O3. The Labute approximate surface area is 85.8 Å². The summed E-state index contributed by atoms with van der Waals surface area (Å²) in [6.07, 6.45) is 1.66. The topological polar surface area (TPSA) is 104 Å². The van der Waals surface area contributed by atoms with E-state index in [1.165, 1.54) is 0 Å². The summed E-state index contributed by atoms with van der Waals surface area (Å²) in [5, 5.41) is 1.86. The molecule has 0 saturated carbocycles. The van der Waals surface area contributed by atoms with Gasteiger partial charge < -0.3 is 10.3 Å². The van der Waals surface area contributed by atoms with E-state index in [1.54, 1.807) is 0 Å². The van der Waals surface area contributed by atoms with Crippen LogP contribution in [0.2, 0.25) is 0 Å². The molecule has 0 saturated heterocycles. The Morgan fingerprint density at radius 2 is 2.27 bits per heavy atom. The second kappa shape index (κ2) is 5.02. The van der Waals surface area contributed by atoms with Crippen LogP contribution < -0.4 is 5.32 Å². The number of carbonyl (C=O) groups excluding carboxylic acids is 2. The molecule has 0 aromatic heterocycles. The number of carbonyl (C=O) groups is 2. The van der Waals surface area contributed by atoms with E-state index in [0.29, 0.717) is 6.61 Å². The summed E-state index contributed by atoms with van der Waals surface area (Å²) < 4.78 is 5.05. The van der Waals surface area contributed by atoms with Crippen molar-refractivity contribution in [3.63, 3.8) is 0 Å². The second-order valence-corrected chi connectivity index (χ2v) is 2.83. The fourth-order valence-electron chi connectivity index (χ4n) is 0.929. The van der Waals surface area contributed by atoms with Crippen molar-refractivity contribution in [1.82, 2.24) is 5.32 Å². The summed E-state index contributed by atoms with van der Waals surface area (Å²) in [7, 11) is 0. The first kappa shape index (κ1) is 11.1. The summed E-state index contributed by atoms with van der Waals surface area (Å²) in [5.41, 5.74) is 8.15. The van der Waals surface area contributed by atoms with Crippen LogP contribution in [-0.4, -0.2) is 34.9 Å². The minimum absolute atomic E-state index is 0.236. The average Bonchev–Trinajstić information content (AvgIpc) is 2.17. The van der Waals surface area contributed by atoms with Gasteiger partial charge in [-0.3, -0.25) is 10.1 Å². The van der Waals surface area contributed by atoms with E-state index < -0.39 is 11.9 Å². The lowest BCUT2D eigenvalue weighted by molar-refractivity contribution is -0.117. The Hall–Kier alpha value is -2.01. The Bertz CT molecular complexity index is 368. The third-order valence-electron chi connectivity index (χ3n) is 1.68. The van der Waals surface area contributed by atoms with Gasteiger partial charge in [0.05, 0.1) is 6.61 Å². The molecule has 0 bridgehead atoms. The summed E-state index contributed by atoms with van der Waals surface area (Å²) in [5.74, 6) is -1.05. The molecule has 0 aliphatic carbocycles. The molecule has 1 heterocycles. The predicted octanol–water partition coefficient (Wildman–Crippen LogP) is 0.122. The van der Waals surface area contributed by atoms with E-state index in [9.17, 15) is 9.59 Å². The number of hydrogen-bond acceptors (Lipinski definition) is 3. The number of imide groups is 1. The average molecular weight is 210 g/mol. The predicted molar refractivity (Wildman–Crippen MR) is 50.5 cm³/mol. The number of nitrogens with one attached hydrogen (secondary N) is 1. The van der Waals surface area contributed by atoms with Gasteiger partial charge in [0.25, 0.3) is 0 Å². The van der Waals surface area contributed by atoms with Crippen LogP contribution in [0.5, 0.6) is 0 Å². The van der Waals surface area contributed by atoms with Gasteiger partial charge >= 0.3 is 23.5 Å². The molecule has 3 amide bonds. The van der Waals surface area contributed by atoms with E-state index in [0.717, 1.165) is 12.8 Å². The Morgan fingerprint density at radius 3 is 2.87 bits per heavy atom. The van der Waals surface area contributed by atoms with E-state index in [1.807, 2.05) is 12.2 Å². The quantitative estimate of drug-likeness (QED) is 0.406. The van der Waals surface area contributed by atoms with Crippen molar-refractivity contribution < 1.29 is 19.1 Å². The summed E-state index contributed by atoms with van der Waals surface area (Å²) in [6, 6.07) is -0.820. The van der Waals surface area contributed by atoms with Crippen LogP contribution in [0.4, 0.5) is 4.79 Å². The number of hydrogen-bond donors (Lipinski definition) is 1. The number of nitrogens with zero attached hydrogens (tertiary/aromatic N) is 3. The van der Waals surface area contributed by atoms with Gasteiger partial charge in [-0.1, -0.05) is 13.3 Å². The zero-order chi connectivity index (χ0) is 11.3. The van der Waals surface area contributed by atoms with Gasteiger partial charge in [-0.25, -0.2) is 4.79 Å². The first-order valence-corrected chi connectivity index (χ1v) is 4.48. The number of rotatable bonds is 3. The minimum atomic E-state index is -0.820. The SMILES string of the molecule is CCCCOC1=NC(=O)NC(=O)C1=[N+]=[N-]. The molecule has 0 unspecified atom stereocenters. The molecule has 80 valence electrons. The first-order chi connectivity index (χ1) is 7.19. The number of unbranched alkanes of at least 4 members (excludes halogenated alkanes) is 1.